The van der Waals surface area contributed by atoms with E-state index in [9.17, 15) is 0 Å². The first kappa shape index (κ1) is 12.0. The molecule has 1 aliphatic rings. The molecule has 0 radical (unpaired) electrons. The van der Waals surface area contributed by atoms with Gasteiger partial charge in [0.1, 0.15) is 0 Å². The van der Waals surface area contributed by atoms with Gasteiger partial charge in [0.25, 0.3) is 0 Å². The van der Waals surface area contributed by atoms with Crippen LogP contribution in [0.5, 0.6) is 0 Å². The molecule has 1 rings (SSSR count). The molecule has 1 fully saturated rings. The van der Waals surface area contributed by atoms with Crippen molar-refractivity contribution in [2.45, 2.75) is 32.7 Å². The van der Waals surface area contributed by atoms with Crippen LogP contribution in [0.4, 0.5) is 0 Å². The van der Waals surface area contributed by atoms with E-state index in [4.69, 9.17) is 16.2 Å². The number of nitrogens with two attached hydrogens (primary N) is 2. The van der Waals surface area contributed by atoms with Gasteiger partial charge in [0.2, 0.25) is 0 Å². The SMILES string of the molecule is CC(C)C(CN)C(N)C1CCOCC1. The summed E-state index contributed by atoms with van der Waals surface area (Å²) >= 11 is 0. The van der Waals surface area contributed by atoms with Gasteiger partial charge in [0, 0.05) is 19.3 Å². The van der Waals surface area contributed by atoms with Crippen LogP contribution >= 0.6 is 0 Å². The molecule has 2 atom stereocenters. The molecule has 0 spiro atoms. The van der Waals surface area contributed by atoms with E-state index < -0.39 is 0 Å². The molecule has 3 nitrogen and oxygen atoms in total. The highest BCUT2D eigenvalue weighted by atomic mass is 16.5. The third-order valence-corrected chi connectivity index (χ3v) is 3.43. The minimum Gasteiger partial charge on any atom is -0.381 e. The van der Waals surface area contributed by atoms with Crippen molar-refractivity contribution in [1.82, 2.24) is 0 Å². The van der Waals surface area contributed by atoms with Crippen molar-refractivity contribution in [1.29, 1.82) is 0 Å². The molecule has 1 saturated heterocycles. The summed E-state index contributed by atoms with van der Waals surface area (Å²) in [6, 6.07) is 0.254. The van der Waals surface area contributed by atoms with Crippen LogP contribution in [0, 0.1) is 17.8 Å². The Bertz CT molecular complexity index is 155. The minimum absolute atomic E-state index is 0.254. The van der Waals surface area contributed by atoms with Gasteiger partial charge in [-0.3, -0.25) is 0 Å². The molecule has 84 valence electrons. The van der Waals surface area contributed by atoms with E-state index in [1.54, 1.807) is 0 Å². The normalized spacial score (nSPS) is 23.8. The molecule has 1 aliphatic heterocycles. The molecule has 4 N–H and O–H groups in total. The number of hydrogen-bond donors (Lipinski definition) is 2. The van der Waals surface area contributed by atoms with Gasteiger partial charge >= 0.3 is 0 Å². The fourth-order valence-electron chi connectivity index (χ4n) is 2.32. The van der Waals surface area contributed by atoms with Crippen molar-refractivity contribution >= 4 is 0 Å². The monoisotopic (exact) mass is 200 g/mol. The van der Waals surface area contributed by atoms with Crippen LogP contribution in [0.2, 0.25) is 0 Å². The Kier molecular flexibility index (Phi) is 4.85. The summed E-state index contributed by atoms with van der Waals surface area (Å²) in [7, 11) is 0. The van der Waals surface area contributed by atoms with E-state index in [-0.39, 0.29) is 6.04 Å². The molecule has 14 heavy (non-hydrogen) atoms. The number of hydrogen-bond acceptors (Lipinski definition) is 3. The first-order chi connectivity index (χ1) is 6.66. The zero-order chi connectivity index (χ0) is 10.6. The van der Waals surface area contributed by atoms with E-state index >= 15 is 0 Å². The van der Waals surface area contributed by atoms with Gasteiger partial charge in [-0.1, -0.05) is 13.8 Å². The van der Waals surface area contributed by atoms with Crippen LogP contribution < -0.4 is 11.5 Å². The van der Waals surface area contributed by atoms with Crippen molar-refractivity contribution < 1.29 is 4.74 Å². The Balaban J connectivity index is 2.47. The van der Waals surface area contributed by atoms with Crippen LogP contribution in [0.15, 0.2) is 0 Å². The van der Waals surface area contributed by atoms with E-state index in [0.717, 1.165) is 26.1 Å². The standard InChI is InChI=1S/C11H24N2O/c1-8(2)10(7-12)11(13)9-3-5-14-6-4-9/h8-11H,3-7,12-13H2,1-2H3. The van der Waals surface area contributed by atoms with E-state index in [2.05, 4.69) is 13.8 Å². The fraction of sp³-hybridized carbons (Fsp3) is 1.00. The van der Waals surface area contributed by atoms with Crippen molar-refractivity contribution in [3.05, 3.63) is 0 Å². The second-order valence-corrected chi connectivity index (χ2v) is 4.67. The molecule has 0 saturated carbocycles. The van der Waals surface area contributed by atoms with Gasteiger partial charge in [-0.25, -0.2) is 0 Å². The average molecular weight is 200 g/mol. The number of ether oxygens (including phenoxy) is 1. The summed E-state index contributed by atoms with van der Waals surface area (Å²) < 4.78 is 5.34. The molecule has 0 amide bonds. The lowest BCUT2D eigenvalue weighted by atomic mass is 9.79. The zero-order valence-corrected chi connectivity index (χ0v) is 9.41. The van der Waals surface area contributed by atoms with Crippen LogP contribution in [0.25, 0.3) is 0 Å². The molecular weight excluding hydrogens is 176 g/mol. The van der Waals surface area contributed by atoms with Crippen LogP contribution in [0.1, 0.15) is 26.7 Å². The van der Waals surface area contributed by atoms with Gasteiger partial charge in [0.05, 0.1) is 0 Å². The third-order valence-electron chi connectivity index (χ3n) is 3.43. The lowest BCUT2D eigenvalue weighted by Crippen LogP contribution is -2.45. The van der Waals surface area contributed by atoms with Gasteiger partial charge in [0.15, 0.2) is 0 Å². The van der Waals surface area contributed by atoms with Gasteiger partial charge < -0.3 is 16.2 Å². The smallest absolute Gasteiger partial charge is 0.0469 e. The van der Waals surface area contributed by atoms with Crippen molar-refractivity contribution in [3.63, 3.8) is 0 Å². The maximum atomic E-state index is 6.27. The van der Waals surface area contributed by atoms with E-state index in [0.29, 0.717) is 24.3 Å². The summed E-state index contributed by atoms with van der Waals surface area (Å²) in [5, 5.41) is 0. The van der Waals surface area contributed by atoms with E-state index in [1.807, 2.05) is 0 Å². The maximum absolute atomic E-state index is 6.27. The lowest BCUT2D eigenvalue weighted by Gasteiger charge is -2.34. The predicted octanol–water partition coefficient (Wildman–Crippen LogP) is 0.971. The Morgan fingerprint density at radius 3 is 2.29 bits per heavy atom. The summed E-state index contributed by atoms with van der Waals surface area (Å²) in [6.45, 7) is 6.85. The quantitative estimate of drug-likeness (QED) is 0.711. The second kappa shape index (κ2) is 5.69. The fourth-order valence-corrected chi connectivity index (χ4v) is 2.32. The molecular formula is C11H24N2O. The number of rotatable bonds is 4. The highest BCUT2D eigenvalue weighted by Crippen LogP contribution is 2.25. The average Bonchev–Trinajstić information content (AvgIpc) is 2.19. The Labute approximate surface area is 87.2 Å². The predicted molar refractivity (Wildman–Crippen MR) is 58.9 cm³/mol. The maximum Gasteiger partial charge on any atom is 0.0469 e. The highest BCUT2D eigenvalue weighted by Gasteiger charge is 2.28. The summed E-state index contributed by atoms with van der Waals surface area (Å²) in [5.74, 6) is 1.65. The summed E-state index contributed by atoms with van der Waals surface area (Å²) in [4.78, 5) is 0. The Morgan fingerprint density at radius 2 is 1.86 bits per heavy atom. The third kappa shape index (κ3) is 2.94. The van der Waals surface area contributed by atoms with Gasteiger partial charge in [-0.2, -0.15) is 0 Å². The Morgan fingerprint density at radius 1 is 1.29 bits per heavy atom. The molecule has 3 heteroatoms. The topological polar surface area (TPSA) is 61.3 Å². The lowest BCUT2D eigenvalue weighted by molar-refractivity contribution is 0.0478. The zero-order valence-electron chi connectivity index (χ0n) is 9.41. The van der Waals surface area contributed by atoms with Crippen molar-refractivity contribution in [2.24, 2.45) is 29.2 Å². The second-order valence-electron chi connectivity index (χ2n) is 4.67. The first-order valence-corrected chi connectivity index (χ1v) is 5.70. The van der Waals surface area contributed by atoms with Crippen LogP contribution in [-0.2, 0) is 4.74 Å². The van der Waals surface area contributed by atoms with Crippen LogP contribution in [-0.4, -0.2) is 25.8 Å². The summed E-state index contributed by atoms with van der Waals surface area (Å²) in [6.07, 6.45) is 2.20. The molecule has 0 bridgehead atoms. The molecule has 0 aliphatic carbocycles. The first-order valence-electron chi connectivity index (χ1n) is 5.70. The van der Waals surface area contributed by atoms with Gasteiger partial charge in [-0.05, 0) is 37.1 Å². The Hall–Kier alpha value is -0.120. The molecule has 0 aromatic heterocycles. The summed E-state index contributed by atoms with van der Waals surface area (Å²) in [5.41, 5.74) is 12.0. The van der Waals surface area contributed by atoms with E-state index in [1.165, 1.54) is 0 Å². The molecule has 1 heterocycles. The molecule has 0 aromatic rings. The minimum atomic E-state index is 0.254. The van der Waals surface area contributed by atoms with Crippen LogP contribution in [0.3, 0.4) is 0 Å². The van der Waals surface area contributed by atoms with Crippen molar-refractivity contribution in [3.8, 4) is 0 Å². The largest absolute Gasteiger partial charge is 0.381 e. The highest BCUT2D eigenvalue weighted by molar-refractivity contribution is 4.83. The van der Waals surface area contributed by atoms with Gasteiger partial charge in [-0.15, -0.1) is 0 Å². The molecule has 0 aromatic carbocycles. The molecule has 2 unspecified atom stereocenters. The van der Waals surface area contributed by atoms with Crippen molar-refractivity contribution in [2.75, 3.05) is 19.8 Å².